The van der Waals surface area contributed by atoms with Crippen LogP contribution in [-0.2, 0) is 4.74 Å². The number of aryl methyl sites for hydroxylation is 1. The first kappa shape index (κ1) is 22.1. The number of thiazole rings is 1. The Bertz CT molecular complexity index is 904. The monoisotopic (exact) mass is 442 g/mol. The molecule has 2 aromatic rings. The predicted octanol–water partition coefficient (Wildman–Crippen LogP) is 6.55. The van der Waals surface area contributed by atoms with Gasteiger partial charge in [-0.15, -0.1) is 11.3 Å². The van der Waals surface area contributed by atoms with Crippen LogP contribution in [-0.4, -0.2) is 40.8 Å². The van der Waals surface area contributed by atoms with Crippen LogP contribution in [0.4, 0.5) is 4.79 Å². The number of rotatable bonds is 4. The highest BCUT2D eigenvalue weighted by Gasteiger charge is 2.29. The molecule has 0 N–H and O–H groups in total. The first-order valence-electron chi connectivity index (χ1n) is 11.5. The number of ether oxygens (including phenoxy) is 2. The quantitative estimate of drug-likeness (QED) is 0.538. The third kappa shape index (κ3) is 5.59. The number of carbonyl (C=O) groups excluding carboxylic acids is 1. The molecule has 0 spiro atoms. The van der Waals surface area contributed by atoms with Gasteiger partial charge in [0, 0.05) is 24.4 Å². The molecular formula is C25H34N2O3S. The maximum Gasteiger partial charge on any atom is 0.410 e. The second-order valence-electron chi connectivity index (χ2n) is 9.84. The summed E-state index contributed by atoms with van der Waals surface area (Å²) in [7, 11) is 0. The average molecular weight is 443 g/mol. The predicted molar refractivity (Wildman–Crippen MR) is 125 cm³/mol. The molecule has 0 bridgehead atoms. The van der Waals surface area contributed by atoms with Crippen LogP contribution in [0.25, 0.3) is 10.6 Å². The van der Waals surface area contributed by atoms with E-state index in [1.165, 1.54) is 18.4 Å². The highest BCUT2D eigenvalue weighted by Crippen LogP contribution is 2.38. The minimum Gasteiger partial charge on any atom is -0.490 e. The van der Waals surface area contributed by atoms with Gasteiger partial charge in [0.15, 0.2) is 0 Å². The molecule has 1 saturated heterocycles. The molecule has 168 valence electrons. The van der Waals surface area contributed by atoms with Gasteiger partial charge in [-0.05, 0) is 78.4 Å². The number of likely N-dealkylation sites (tertiary alicyclic amines) is 1. The van der Waals surface area contributed by atoms with E-state index in [4.69, 9.17) is 14.5 Å². The first-order valence-corrected chi connectivity index (χ1v) is 12.4. The molecule has 1 saturated carbocycles. The number of carbonyl (C=O) groups is 1. The Hall–Kier alpha value is -2.08. The summed E-state index contributed by atoms with van der Waals surface area (Å²) in [6, 6.07) is 6.41. The Morgan fingerprint density at radius 2 is 1.84 bits per heavy atom. The maximum atomic E-state index is 12.3. The fraction of sp³-hybridized carbons (Fsp3) is 0.600. The highest BCUT2D eigenvalue weighted by atomic mass is 32.1. The normalized spacial score (nSPS) is 18.4. The third-order valence-electron chi connectivity index (χ3n) is 6.05. The zero-order valence-corrected chi connectivity index (χ0v) is 20.0. The lowest BCUT2D eigenvalue weighted by molar-refractivity contribution is 0.0204. The maximum absolute atomic E-state index is 12.3. The van der Waals surface area contributed by atoms with Gasteiger partial charge in [-0.25, -0.2) is 9.78 Å². The molecule has 1 aromatic carbocycles. The van der Waals surface area contributed by atoms with Crippen LogP contribution in [0.2, 0.25) is 0 Å². The Labute approximate surface area is 189 Å². The lowest BCUT2D eigenvalue weighted by atomic mass is 9.94. The molecule has 5 nitrogen and oxygen atoms in total. The number of amides is 1. The average Bonchev–Trinajstić information content (AvgIpc) is 3.40. The van der Waals surface area contributed by atoms with Crippen molar-refractivity contribution in [1.82, 2.24) is 9.88 Å². The fourth-order valence-corrected chi connectivity index (χ4v) is 5.30. The van der Waals surface area contributed by atoms with Gasteiger partial charge in [-0.1, -0.05) is 11.6 Å². The second-order valence-corrected chi connectivity index (χ2v) is 10.7. The lowest BCUT2D eigenvalue weighted by Gasteiger charge is -2.32. The second kappa shape index (κ2) is 9.19. The minimum atomic E-state index is -0.455. The van der Waals surface area contributed by atoms with E-state index in [1.807, 2.05) is 25.7 Å². The number of piperidine rings is 1. The van der Waals surface area contributed by atoms with Gasteiger partial charge in [-0.3, -0.25) is 0 Å². The minimum absolute atomic E-state index is 0.210. The smallest absolute Gasteiger partial charge is 0.410 e. The van der Waals surface area contributed by atoms with Crippen molar-refractivity contribution in [2.24, 2.45) is 0 Å². The van der Waals surface area contributed by atoms with Gasteiger partial charge in [-0.2, -0.15) is 0 Å². The van der Waals surface area contributed by atoms with Gasteiger partial charge in [0.05, 0.1) is 17.4 Å². The van der Waals surface area contributed by atoms with E-state index in [1.54, 1.807) is 11.3 Å². The summed E-state index contributed by atoms with van der Waals surface area (Å²) in [6.45, 7) is 9.27. The van der Waals surface area contributed by atoms with Crippen molar-refractivity contribution in [3.05, 3.63) is 34.8 Å². The van der Waals surface area contributed by atoms with E-state index < -0.39 is 5.60 Å². The van der Waals surface area contributed by atoms with Crippen LogP contribution in [0.15, 0.2) is 23.6 Å². The number of benzene rings is 1. The Morgan fingerprint density at radius 3 is 2.52 bits per heavy atom. The van der Waals surface area contributed by atoms with Crippen molar-refractivity contribution < 1.29 is 14.3 Å². The number of hydrogen-bond acceptors (Lipinski definition) is 5. The molecule has 2 aliphatic rings. The van der Waals surface area contributed by atoms with Crippen molar-refractivity contribution in [3.63, 3.8) is 0 Å². The summed E-state index contributed by atoms with van der Waals surface area (Å²) < 4.78 is 11.9. The summed E-state index contributed by atoms with van der Waals surface area (Å²) in [6.07, 6.45) is 6.77. The number of hydrogen-bond donors (Lipinski definition) is 0. The van der Waals surface area contributed by atoms with Gasteiger partial charge >= 0.3 is 6.09 Å². The van der Waals surface area contributed by atoms with E-state index in [9.17, 15) is 4.79 Å². The molecule has 6 heteroatoms. The van der Waals surface area contributed by atoms with Crippen molar-refractivity contribution in [2.75, 3.05) is 13.1 Å². The summed E-state index contributed by atoms with van der Waals surface area (Å²) >= 11 is 1.70. The van der Waals surface area contributed by atoms with Gasteiger partial charge in [0.25, 0.3) is 0 Å². The topological polar surface area (TPSA) is 51.7 Å². The standard InChI is InChI=1S/C25H34N2O3S/c1-17-9-10-22(29-19-7-5-6-8-19)20(15-17)23-26-21(16-31-23)18-11-13-27(14-12-18)24(28)30-25(2,3)4/h9-10,15-16,18-19H,5-8,11-14H2,1-4H3. The van der Waals surface area contributed by atoms with Gasteiger partial charge in [0.2, 0.25) is 0 Å². The SMILES string of the molecule is Cc1ccc(OC2CCCC2)c(-c2nc(C3CCN(C(=O)OC(C)(C)C)CC3)cs2)c1. The van der Waals surface area contributed by atoms with Crippen molar-refractivity contribution in [1.29, 1.82) is 0 Å². The molecule has 2 heterocycles. The third-order valence-corrected chi connectivity index (χ3v) is 6.94. The van der Waals surface area contributed by atoms with Crippen molar-refractivity contribution >= 4 is 17.4 Å². The first-order chi connectivity index (χ1) is 14.8. The molecule has 1 aromatic heterocycles. The Balaban J connectivity index is 1.43. The molecule has 1 aliphatic heterocycles. The summed E-state index contributed by atoms with van der Waals surface area (Å²) in [5.74, 6) is 1.34. The molecular weight excluding hydrogens is 408 g/mol. The summed E-state index contributed by atoms with van der Waals surface area (Å²) in [4.78, 5) is 19.2. The summed E-state index contributed by atoms with van der Waals surface area (Å²) in [5, 5.41) is 3.21. The van der Waals surface area contributed by atoms with Gasteiger partial charge < -0.3 is 14.4 Å². The fourth-order valence-electron chi connectivity index (χ4n) is 4.38. The Morgan fingerprint density at radius 1 is 1.13 bits per heavy atom. The molecule has 0 unspecified atom stereocenters. The van der Waals surface area contributed by atoms with Crippen LogP contribution >= 0.6 is 11.3 Å². The van der Waals surface area contributed by atoms with Crippen molar-refractivity contribution in [3.8, 4) is 16.3 Å². The van der Waals surface area contributed by atoms with Crippen LogP contribution in [0.1, 0.15) is 76.5 Å². The van der Waals surface area contributed by atoms with Gasteiger partial charge in [0.1, 0.15) is 16.4 Å². The van der Waals surface area contributed by atoms with E-state index in [-0.39, 0.29) is 6.09 Å². The highest BCUT2D eigenvalue weighted by molar-refractivity contribution is 7.13. The zero-order chi connectivity index (χ0) is 22.0. The van der Waals surface area contributed by atoms with E-state index in [2.05, 4.69) is 30.5 Å². The van der Waals surface area contributed by atoms with Crippen LogP contribution < -0.4 is 4.74 Å². The molecule has 4 rings (SSSR count). The summed E-state index contributed by atoms with van der Waals surface area (Å²) in [5.41, 5.74) is 3.01. The molecule has 1 amide bonds. The van der Waals surface area contributed by atoms with E-state index in [0.29, 0.717) is 25.1 Å². The van der Waals surface area contributed by atoms with E-state index >= 15 is 0 Å². The van der Waals surface area contributed by atoms with Crippen molar-refractivity contribution in [2.45, 2.75) is 83.8 Å². The van der Waals surface area contributed by atoms with Crippen LogP contribution in [0.5, 0.6) is 5.75 Å². The number of aromatic nitrogens is 1. The van der Waals surface area contributed by atoms with E-state index in [0.717, 1.165) is 47.7 Å². The number of nitrogens with zero attached hydrogens (tertiary/aromatic N) is 2. The lowest BCUT2D eigenvalue weighted by Crippen LogP contribution is -2.41. The molecule has 31 heavy (non-hydrogen) atoms. The Kier molecular flexibility index (Phi) is 6.56. The molecule has 0 atom stereocenters. The van der Waals surface area contributed by atoms with Crippen LogP contribution in [0, 0.1) is 6.92 Å². The molecule has 0 radical (unpaired) electrons. The largest absolute Gasteiger partial charge is 0.490 e. The van der Waals surface area contributed by atoms with Crippen LogP contribution in [0.3, 0.4) is 0 Å². The molecule has 2 fully saturated rings. The zero-order valence-electron chi connectivity index (χ0n) is 19.1. The molecule has 1 aliphatic carbocycles.